The van der Waals surface area contributed by atoms with Crippen LogP contribution in [0.2, 0.25) is 5.02 Å². The van der Waals surface area contributed by atoms with E-state index in [0.717, 1.165) is 0 Å². The molecule has 0 saturated heterocycles. The summed E-state index contributed by atoms with van der Waals surface area (Å²) in [7, 11) is 0. The maximum absolute atomic E-state index is 13.2. The lowest BCUT2D eigenvalue weighted by Crippen LogP contribution is -2.65. The molecule has 13 heteroatoms. The van der Waals surface area contributed by atoms with Crippen LogP contribution in [0.15, 0.2) is 22.6 Å². The van der Waals surface area contributed by atoms with E-state index in [1.54, 1.807) is 18.2 Å². The molecule has 1 amide bonds. The van der Waals surface area contributed by atoms with E-state index in [-0.39, 0.29) is 49.3 Å². The number of halogens is 4. The standard InChI is InChI=1S/C25H27ClF3N3O6/c26-13-1-2-17-15(9-13)16(33)10-18(36-17)20(35)30-23-3-5-24(6-4-23,19(34)11-23)22-32-31-21(37-22)12-7-14(8-12)38-25(27,28)29/h1-2,9,12,14,16,18-19,33-34H,3-8,10-11H2,(H,30,35)/t12-,14+,16?,18?,19-,23?,24?/m0/s1. The Morgan fingerprint density at radius 2 is 1.87 bits per heavy atom. The molecule has 1 aromatic heterocycles. The van der Waals surface area contributed by atoms with Gasteiger partial charge in [-0.2, -0.15) is 0 Å². The Hall–Kier alpha value is -2.41. The summed E-state index contributed by atoms with van der Waals surface area (Å²) in [6, 6.07) is 4.88. The van der Waals surface area contributed by atoms with Gasteiger partial charge in [-0.1, -0.05) is 11.6 Å². The molecule has 2 heterocycles. The third-order valence-corrected chi connectivity index (χ3v) is 8.89. The summed E-state index contributed by atoms with van der Waals surface area (Å²) < 4.78 is 53.0. The number of aliphatic hydroxyl groups excluding tert-OH is 2. The van der Waals surface area contributed by atoms with E-state index in [2.05, 4.69) is 20.3 Å². The Labute approximate surface area is 220 Å². The van der Waals surface area contributed by atoms with Gasteiger partial charge in [0, 0.05) is 28.5 Å². The quantitative estimate of drug-likeness (QED) is 0.506. The number of hydrogen-bond donors (Lipinski definition) is 3. The first-order valence-corrected chi connectivity index (χ1v) is 13.1. The van der Waals surface area contributed by atoms with E-state index in [1.807, 2.05) is 0 Å². The van der Waals surface area contributed by atoms with Crippen molar-refractivity contribution in [3.05, 3.63) is 40.6 Å². The van der Waals surface area contributed by atoms with Crippen LogP contribution >= 0.6 is 11.6 Å². The number of ether oxygens (including phenoxy) is 2. The van der Waals surface area contributed by atoms with Gasteiger partial charge in [-0.3, -0.25) is 9.53 Å². The third-order valence-electron chi connectivity index (χ3n) is 8.65. The Morgan fingerprint density at radius 1 is 1.13 bits per heavy atom. The predicted octanol–water partition coefficient (Wildman–Crippen LogP) is 3.82. The number of nitrogens with one attached hydrogen (secondary N) is 1. The lowest BCUT2D eigenvalue weighted by Gasteiger charge is -2.54. The smallest absolute Gasteiger partial charge is 0.480 e. The van der Waals surface area contributed by atoms with Crippen molar-refractivity contribution in [3.63, 3.8) is 0 Å². The Bertz CT molecular complexity index is 1230. The minimum absolute atomic E-state index is 0.0859. The van der Waals surface area contributed by atoms with Crippen molar-refractivity contribution in [2.24, 2.45) is 0 Å². The van der Waals surface area contributed by atoms with E-state index in [0.29, 0.717) is 42.0 Å². The second-order valence-electron chi connectivity index (χ2n) is 11.0. The van der Waals surface area contributed by atoms with Crippen molar-refractivity contribution in [2.75, 3.05) is 0 Å². The maximum atomic E-state index is 13.2. The van der Waals surface area contributed by atoms with Gasteiger partial charge in [0.05, 0.1) is 23.7 Å². The number of carbonyl (C=O) groups excluding carboxylic acids is 1. The number of nitrogens with zero attached hydrogens (tertiary/aromatic N) is 2. The van der Waals surface area contributed by atoms with Gasteiger partial charge in [0.1, 0.15) is 5.75 Å². The van der Waals surface area contributed by atoms with Crippen LogP contribution < -0.4 is 10.1 Å². The number of aromatic nitrogens is 2. The topological polar surface area (TPSA) is 127 Å². The fourth-order valence-corrected chi connectivity index (χ4v) is 6.56. The van der Waals surface area contributed by atoms with Crippen molar-refractivity contribution in [3.8, 4) is 5.75 Å². The number of benzene rings is 1. The molecule has 3 atom stereocenters. The van der Waals surface area contributed by atoms with E-state index in [1.165, 1.54) is 0 Å². The van der Waals surface area contributed by atoms with Crippen molar-refractivity contribution in [1.29, 1.82) is 0 Å². The molecule has 1 aromatic carbocycles. The molecule has 3 N–H and O–H groups in total. The number of rotatable bonds is 5. The highest BCUT2D eigenvalue weighted by Gasteiger charge is 2.58. The van der Waals surface area contributed by atoms with Gasteiger partial charge in [-0.15, -0.1) is 23.4 Å². The van der Waals surface area contributed by atoms with Crippen LogP contribution in [0.25, 0.3) is 0 Å². The average Bonchev–Trinajstić information content (AvgIpc) is 3.31. The molecule has 4 fully saturated rings. The molecular formula is C25H27ClF3N3O6. The molecule has 7 rings (SSSR count). The number of amides is 1. The number of fused-ring (bicyclic) bond motifs is 4. The molecule has 2 bridgehead atoms. The number of hydrogen-bond acceptors (Lipinski definition) is 8. The van der Waals surface area contributed by atoms with Crippen LogP contribution in [-0.4, -0.2) is 56.5 Å². The van der Waals surface area contributed by atoms with Crippen LogP contribution in [0.4, 0.5) is 13.2 Å². The molecule has 2 aromatic rings. The fraction of sp³-hybridized carbons (Fsp3) is 0.640. The monoisotopic (exact) mass is 557 g/mol. The molecular weight excluding hydrogens is 531 g/mol. The van der Waals surface area contributed by atoms with Crippen molar-refractivity contribution < 1.29 is 42.1 Å². The zero-order valence-electron chi connectivity index (χ0n) is 20.2. The van der Waals surface area contributed by atoms with Crippen LogP contribution in [-0.2, 0) is 14.9 Å². The van der Waals surface area contributed by atoms with E-state index in [4.69, 9.17) is 20.8 Å². The highest BCUT2D eigenvalue weighted by Crippen LogP contribution is 2.54. The Kier molecular flexibility index (Phi) is 6.17. The highest BCUT2D eigenvalue weighted by molar-refractivity contribution is 6.30. The number of alkyl halides is 3. The summed E-state index contributed by atoms with van der Waals surface area (Å²) in [6.07, 6.45) is -5.45. The second-order valence-corrected chi connectivity index (χ2v) is 11.4. The first-order chi connectivity index (χ1) is 18.0. The van der Waals surface area contributed by atoms with Gasteiger partial charge < -0.3 is 24.7 Å². The average molecular weight is 558 g/mol. The molecule has 9 nitrogen and oxygen atoms in total. The van der Waals surface area contributed by atoms with E-state index < -0.39 is 41.7 Å². The normalized spacial score (nSPS) is 36.2. The minimum Gasteiger partial charge on any atom is -0.480 e. The molecule has 1 aliphatic heterocycles. The van der Waals surface area contributed by atoms with Gasteiger partial charge in [-0.05, 0) is 63.1 Å². The van der Waals surface area contributed by atoms with Crippen molar-refractivity contribution in [2.45, 2.75) is 99.0 Å². The van der Waals surface area contributed by atoms with Crippen LogP contribution in [0.5, 0.6) is 5.75 Å². The largest absolute Gasteiger partial charge is 0.522 e. The maximum Gasteiger partial charge on any atom is 0.522 e. The third kappa shape index (κ3) is 4.55. The lowest BCUT2D eigenvalue weighted by atomic mass is 9.55. The summed E-state index contributed by atoms with van der Waals surface area (Å²) >= 11 is 6.01. The van der Waals surface area contributed by atoms with E-state index >= 15 is 0 Å². The number of carbonyl (C=O) groups is 1. The lowest BCUT2D eigenvalue weighted by molar-refractivity contribution is -0.352. The molecule has 38 heavy (non-hydrogen) atoms. The minimum atomic E-state index is -4.67. The molecule has 206 valence electrons. The molecule has 0 spiro atoms. The predicted molar refractivity (Wildman–Crippen MR) is 124 cm³/mol. The summed E-state index contributed by atoms with van der Waals surface area (Å²) in [6.45, 7) is 0. The van der Waals surface area contributed by atoms with Crippen LogP contribution in [0.1, 0.15) is 80.7 Å². The summed E-state index contributed by atoms with van der Waals surface area (Å²) in [5, 5.41) is 33.5. The molecule has 2 unspecified atom stereocenters. The Morgan fingerprint density at radius 3 is 2.55 bits per heavy atom. The fourth-order valence-electron chi connectivity index (χ4n) is 6.38. The van der Waals surface area contributed by atoms with Gasteiger partial charge in [0.25, 0.3) is 5.91 Å². The summed E-state index contributed by atoms with van der Waals surface area (Å²) in [4.78, 5) is 13.2. The number of aliphatic hydroxyl groups is 2. The molecule has 4 saturated carbocycles. The molecule has 4 aliphatic carbocycles. The van der Waals surface area contributed by atoms with Gasteiger partial charge >= 0.3 is 6.36 Å². The van der Waals surface area contributed by atoms with Crippen LogP contribution in [0.3, 0.4) is 0 Å². The van der Waals surface area contributed by atoms with Crippen molar-refractivity contribution in [1.82, 2.24) is 15.5 Å². The molecule has 5 aliphatic rings. The SMILES string of the molecule is O=C(NC12CCC(c3nnc([C@H]4C[C@@H](OC(F)(F)F)C4)o3)(CC1)[C@@H](O)C2)C1CC(O)c2cc(Cl)ccc2O1. The van der Waals surface area contributed by atoms with Crippen molar-refractivity contribution >= 4 is 17.5 Å². The van der Waals surface area contributed by atoms with Gasteiger partial charge in [-0.25, -0.2) is 0 Å². The van der Waals surface area contributed by atoms with Gasteiger partial charge in [0.2, 0.25) is 11.8 Å². The zero-order chi connectivity index (χ0) is 26.9. The summed E-state index contributed by atoms with van der Waals surface area (Å²) in [5.41, 5.74) is -0.857. The second kappa shape index (κ2) is 9.07. The van der Waals surface area contributed by atoms with E-state index in [9.17, 15) is 28.2 Å². The molecule has 0 radical (unpaired) electrons. The van der Waals surface area contributed by atoms with Gasteiger partial charge in [0.15, 0.2) is 6.10 Å². The Balaban J connectivity index is 1.09. The first-order valence-electron chi connectivity index (χ1n) is 12.7. The first kappa shape index (κ1) is 25.8. The zero-order valence-corrected chi connectivity index (χ0v) is 21.0. The highest BCUT2D eigenvalue weighted by atomic mass is 35.5. The van der Waals surface area contributed by atoms with Crippen LogP contribution in [0, 0.1) is 0 Å². The summed E-state index contributed by atoms with van der Waals surface area (Å²) in [5.74, 6) is 0.288.